The first-order valence-corrected chi connectivity index (χ1v) is 3.46. The van der Waals surface area contributed by atoms with E-state index < -0.39 is 11.6 Å². The highest BCUT2D eigenvalue weighted by Gasteiger charge is 1.98. The number of hydrogen-bond acceptors (Lipinski definition) is 1. The molecule has 0 bridgehead atoms. The van der Waals surface area contributed by atoms with E-state index >= 15 is 0 Å². The number of aliphatic hydroxyl groups is 1. The molecule has 1 rings (SSSR count). The molecule has 1 aromatic rings. The van der Waals surface area contributed by atoms with Gasteiger partial charge in [0.05, 0.1) is 6.61 Å². The van der Waals surface area contributed by atoms with Gasteiger partial charge in [-0.25, -0.2) is 8.78 Å². The molecule has 0 aliphatic heterocycles. The minimum Gasteiger partial charge on any atom is -0.392 e. The molecule has 0 atom stereocenters. The molecule has 12 heavy (non-hydrogen) atoms. The molecule has 0 amide bonds. The quantitative estimate of drug-likeness (QED) is 0.719. The van der Waals surface area contributed by atoms with Gasteiger partial charge in [-0.1, -0.05) is 12.2 Å². The zero-order chi connectivity index (χ0) is 8.97. The van der Waals surface area contributed by atoms with Crippen LogP contribution in [-0.4, -0.2) is 11.7 Å². The van der Waals surface area contributed by atoms with E-state index in [9.17, 15) is 8.78 Å². The zero-order valence-electron chi connectivity index (χ0n) is 6.30. The molecular formula is C9H8F2O. The summed E-state index contributed by atoms with van der Waals surface area (Å²) in [5, 5.41) is 8.38. The van der Waals surface area contributed by atoms with Crippen molar-refractivity contribution in [1.82, 2.24) is 0 Å². The molecule has 0 spiro atoms. The summed E-state index contributed by atoms with van der Waals surface area (Å²) in [6.45, 7) is -0.185. The Balaban J connectivity index is 2.97. The first-order chi connectivity index (χ1) is 5.74. The number of aliphatic hydroxyl groups excluding tert-OH is 1. The molecule has 0 heterocycles. The van der Waals surface area contributed by atoms with Gasteiger partial charge in [-0.05, 0) is 18.2 Å². The lowest BCUT2D eigenvalue weighted by atomic mass is 10.2. The first kappa shape index (κ1) is 8.87. The molecular weight excluding hydrogens is 162 g/mol. The number of hydrogen-bond donors (Lipinski definition) is 1. The van der Waals surface area contributed by atoms with Gasteiger partial charge in [-0.2, -0.15) is 0 Å². The SMILES string of the molecule is OC/C=C\c1cc(F)ccc1F. The molecule has 0 fully saturated rings. The van der Waals surface area contributed by atoms with Gasteiger partial charge >= 0.3 is 0 Å². The van der Waals surface area contributed by atoms with Crippen molar-refractivity contribution in [3.8, 4) is 0 Å². The van der Waals surface area contributed by atoms with Crippen LogP contribution in [-0.2, 0) is 0 Å². The molecule has 1 nitrogen and oxygen atoms in total. The third-order valence-corrected chi connectivity index (χ3v) is 1.36. The van der Waals surface area contributed by atoms with Crippen LogP contribution in [0.4, 0.5) is 8.78 Å². The molecule has 3 heteroatoms. The zero-order valence-corrected chi connectivity index (χ0v) is 6.30. The van der Waals surface area contributed by atoms with Crippen LogP contribution in [0.25, 0.3) is 6.08 Å². The summed E-state index contributed by atoms with van der Waals surface area (Å²) in [4.78, 5) is 0. The molecule has 0 aliphatic carbocycles. The standard InChI is InChI=1S/C9H8F2O/c10-8-3-4-9(11)7(6-8)2-1-5-12/h1-4,6,12H,5H2/b2-1-. The molecule has 1 aromatic carbocycles. The lowest BCUT2D eigenvalue weighted by molar-refractivity contribution is 0.343. The van der Waals surface area contributed by atoms with Gasteiger partial charge in [-0.15, -0.1) is 0 Å². The summed E-state index contributed by atoms with van der Waals surface area (Å²) in [5.41, 5.74) is 0.143. The Kier molecular flexibility index (Phi) is 2.94. The van der Waals surface area contributed by atoms with Crippen LogP contribution in [0, 0.1) is 11.6 Å². The summed E-state index contributed by atoms with van der Waals surface area (Å²) in [6.07, 6.45) is 2.68. The largest absolute Gasteiger partial charge is 0.392 e. The van der Waals surface area contributed by atoms with Crippen LogP contribution in [0.1, 0.15) is 5.56 Å². The number of benzene rings is 1. The van der Waals surface area contributed by atoms with E-state index in [0.717, 1.165) is 18.2 Å². The summed E-state index contributed by atoms with van der Waals surface area (Å²) in [6, 6.07) is 3.17. The van der Waals surface area contributed by atoms with E-state index in [1.54, 1.807) is 0 Å². The van der Waals surface area contributed by atoms with Crippen molar-refractivity contribution in [2.45, 2.75) is 0 Å². The van der Waals surface area contributed by atoms with Crippen molar-refractivity contribution in [3.63, 3.8) is 0 Å². The Labute approximate surface area is 69.0 Å². The Morgan fingerprint density at radius 2 is 2.08 bits per heavy atom. The van der Waals surface area contributed by atoms with Crippen LogP contribution < -0.4 is 0 Å². The predicted molar refractivity (Wildman–Crippen MR) is 42.5 cm³/mol. The highest BCUT2D eigenvalue weighted by molar-refractivity contribution is 5.49. The second-order valence-electron chi connectivity index (χ2n) is 2.25. The molecule has 0 radical (unpaired) electrons. The van der Waals surface area contributed by atoms with Crippen LogP contribution in [0.15, 0.2) is 24.3 Å². The molecule has 1 N–H and O–H groups in total. The van der Waals surface area contributed by atoms with Gasteiger partial charge in [0.15, 0.2) is 0 Å². The minimum absolute atomic E-state index is 0.143. The third-order valence-electron chi connectivity index (χ3n) is 1.36. The Hall–Kier alpha value is -1.22. The average molecular weight is 170 g/mol. The second-order valence-corrected chi connectivity index (χ2v) is 2.25. The van der Waals surface area contributed by atoms with Crippen molar-refractivity contribution in [1.29, 1.82) is 0 Å². The van der Waals surface area contributed by atoms with Crippen molar-refractivity contribution in [2.24, 2.45) is 0 Å². The average Bonchev–Trinajstić information content (AvgIpc) is 2.07. The van der Waals surface area contributed by atoms with E-state index in [2.05, 4.69) is 0 Å². The normalized spacial score (nSPS) is 10.9. The van der Waals surface area contributed by atoms with Crippen molar-refractivity contribution in [2.75, 3.05) is 6.61 Å². The fraction of sp³-hybridized carbons (Fsp3) is 0.111. The van der Waals surface area contributed by atoms with Crippen LogP contribution in [0.3, 0.4) is 0 Å². The van der Waals surface area contributed by atoms with E-state index in [0.29, 0.717) is 0 Å². The molecule has 0 saturated heterocycles. The minimum atomic E-state index is -0.499. The summed E-state index contributed by atoms with van der Waals surface area (Å²) in [7, 11) is 0. The summed E-state index contributed by atoms with van der Waals surface area (Å²) < 4.78 is 25.3. The number of halogens is 2. The van der Waals surface area contributed by atoms with E-state index in [-0.39, 0.29) is 12.2 Å². The lowest BCUT2D eigenvalue weighted by Crippen LogP contribution is -1.84. The molecule has 0 saturated carbocycles. The monoisotopic (exact) mass is 170 g/mol. The Morgan fingerprint density at radius 1 is 1.33 bits per heavy atom. The van der Waals surface area contributed by atoms with E-state index in [1.807, 2.05) is 0 Å². The van der Waals surface area contributed by atoms with Crippen molar-refractivity contribution in [3.05, 3.63) is 41.5 Å². The predicted octanol–water partition coefficient (Wildman–Crippen LogP) is 1.97. The lowest BCUT2D eigenvalue weighted by Gasteiger charge is -1.95. The van der Waals surface area contributed by atoms with Gasteiger partial charge in [0, 0.05) is 5.56 Å². The summed E-state index contributed by atoms with van der Waals surface area (Å²) in [5.74, 6) is -0.991. The van der Waals surface area contributed by atoms with Crippen molar-refractivity contribution >= 4 is 6.08 Å². The highest BCUT2D eigenvalue weighted by atomic mass is 19.1. The van der Waals surface area contributed by atoms with Gasteiger partial charge in [-0.3, -0.25) is 0 Å². The van der Waals surface area contributed by atoms with Gasteiger partial charge in [0.1, 0.15) is 11.6 Å². The molecule has 0 unspecified atom stereocenters. The van der Waals surface area contributed by atoms with Crippen LogP contribution in [0.5, 0.6) is 0 Å². The number of rotatable bonds is 2. The topological polar surface area (TPSA) is 20.2 Å². The maximum absolute atomic E-state index is 12.8. The molecule has 64 valence electrons. The van der Waals surface area contributed by atoms with Gasteiger partial charge in [0.25, 0.3) is 0 Å². The van der Waals surface area contributed by atoms with Gasteiger partial charge in [0.2, 0.25) is 0 Å². The van der Waals surface area contributed by atoms with Crippen LogP contribution >= 0.6 is 0 Å². The third kappa shape index (κ3) is 2.13. The highest BCUT2D eigenvalue weighted by Crippen LogP contribution is 2.10. The first-order valence-electron chi connectivity index (χ1n) is 3.46. The van der Waals surface area contributed by atoms with E-state index in [4.69, 9.17) is 5.11 Å². The maximum Gasteiger partial charge on any atom is 0.130 e. The fourth-order valence-electron chi connectivity index (χ4n) is 0.822. The smallest absolute Gasteiger partial charge is 0.130 e. The van der Waals surface area contributed by atoms with Gasteiger partial charge < -0.3 is 5.11 Å². The van der Waals surface area contributed by atoms with Crippen molar-refractivity contribution < 1.29 is 13.9 Å². The van der Waals surface area contributed by atoms with E-state index in [1.165, 1.54) is 12.2 Å². The fourth-order valence-corrected chi connectivity index (χ4v) is 0.822. The second kappa shape index (κ2) is 3.97. The summed E-state index contributed by atoms with van der Waals surface area (Å²) >= 11 is 0. The Morgan fingerprint density at radius 3 is 2.75 bits per heavy atom. The molecule has 0 aliphatic rings. The molecule has 0 aromatic heterocycles. The Bertz CT molecular complexity index is 295. The van der Waals surface area contributed by atoms with Crippen LogP contribution in [0.2, 0.25) is 0 Å². The maximum atomic E-state index is 12.8.